The van der Waals surface area contributed by atoms with Crippen molar-refractivity contribution in [2.75, 3.05) is 35.7 Å². The number of hydrogen-bond acceptors (Lipinski definition) is 7. The number of nitrogens with two attached hydrogens (primary N) is 2. The molecule has 1 saturated heterocycles. The third kappa shape index (κ3) is 4.14. The van der Waals surface area contributed by atoms with E-state index < -0.39 is 10.8 Å². The number of carbonyl (C=O) groups excluding carboxylic acids is 1. The van der Waals surface area contributed by atoms with Crippen LogP contribution in [0, 0.1) is 0 Å². The standard InChI is InChI=1S/C12H21N5O2S2/c1-7(6-21(2)19)15-11(18)9-10(14)16-12(20-9)17-4-3-8(13)5-17/h7-8H,3-6,13-14H2,1-2H3,(H,15,18). The van der Waals surface area contributed by atoms with Gasteiger partial charge in [0.1, 0.15) is 10.7 Å². The van der Waals surface area contributed by atoms with Gasteiger partial charge in [-0.2, -0.15) is 0 Å². The van der Waals surface area contributed by atoms with Crippen LogP contribution in [0.1, 0.15) is 23.0 Å². The van der Waals surface area contributed by atoms with Gasteiger partial charge < -0.3 is 21.7 Å². The molecule has 0 aromatic carbocycles. The minimum absolute atomic E-state index is 0.145. The maximum atomic E-state index is 12.2. The van der Waals surface area contributed by atoms with Crippen molar-refractivity contribution in [3.63, 3.8) is 0 Å². The van der Waals surface area contributed by atoms with E-state index in [1.54, 1.807) is 6.26 Å². The Bertz CT molecular complexity index is 548. The molecule has 0 bridgehead atoms. The van der Waals surface area contributed by atoms with Gasteiger partial charge in [0.2, 0.25) is 0 Å². The molecular weight excluding hydrogens is 310 g/mol. The fourth-order valence-electron chi connectivity index (χ4n) is 2.26. The highest BCUT2D eigenvalue weighted by atomic mass is 32.2. The quantitative estimate of drug-likeness (QED) is 0.686. The van der Waals surface area contributed by atoms with Crippen LogP contribution in [0.3, 0.4) is 0 Å². The van der Waals surface area contributed by atoms with E-state index in [4.69, 9.17) is 11.5 Å². The Kier molecular flexibility index (Phi) is 5.17. The van der Waals surface area contributed by atoms with Gasteiger partial charge in [0, 0.05) is 48.0 Å². The summed E-state index contributed by atoms with van der Waals surface area (Å²) in [5.74, 6) is 0.383. The molecule has 9 heteroatoms. The highest BCUT2D eigenvalue weighted by molar-refractivity contribution is 7.84. The van der Waals surface area contributed by atoms with Crippen LogP contribution in [0.5, 0.6) is 0 Å². The molecule has 2 heterocycles. The van der Waals surface area contributed by atoms with E-state index in [1.807, 2.05) is 11.8 Å². The second-order valence-corrected chi connectivity index (χ2v) is 7.78. The van der Waals surface area contributed by atoms with E-state index in [0.29, 0.717) is 10.6 Å². The number of nitrogens with zero attached hydrogens (tertiary/aromatic N) is 2. The lowest BCUT2D eigenvalue weighted by Crippen LogP contribution is -2.36. The van der Waals surface area contributed by atoms with Gasteiger partial charge in [-0.1, -0.05) is 11.3 Å². The van der Waals surface area contributed by atoms with Crippen LogP contribution in [-0.2, 0) is 10.8 Å². The van der Waals surface area contributed by atoms with Crippen LogP contribution in [0.25, 0.3) is 0 Å². The molecule has 1 aromatic heterocycles. The van der Waals surface area contributed by atoms with Crippen molar-refractivity contribution in [2.24, 2.45) is 5.73 Å². The molecule has 1 aliphatic heterocycles. The van der Waals surface area contributed by atoms with E-state index >= 15 is 0 Å². The summed E-state index contributed by atoms with van der Waals surface area (Å²) in [6, 6.07) is -0.0274. The third-order valence-electron chi connectivity index (χ3n) is 3.21. The summed E-state index contributed by atoms with van der Waals surface area (Å²) < 4.78 is 11.2. The number of nitrogen functional groups attached to an aromatic ring is 1. The van der Waals surface area contributed by atoms with Gasteiger partial charge in [-0.15, -0.1) is 0 Å². The molecule has 118 valence electrons. The molecule has 0 saturated carbocycles. The lowest BCUT2D eigenvalue weighted by molar-refractivity contribution is 0.0948. The Morgan fingerprint density at radius 2 is 2.38 bits per heavy atom. The predicted octanol–water partition coefficient (Wildman–Crippen LogP) is -0.240. The summed E-state index contributed by atoms with van der Waals surface area (Å²) in [6.07, 6.45) is 2.53. The molecule has 0 spiro atoms. The van der Waals surface area contributed by atoms with Crippen LogP contribution in [0.2, 0.25) is 0 Å². The normalized spacial score (nSPS) is 21.3. The van der Waals surface area contributed by atoms with Gasteiger partial charge in [-0.3, -0.25) is 9.00 Å². The average Bonchev–Trinajstić information content (AvgIpc) is 2.94. The zero-order valence-electron chi connectivity index (χ0n) is 12.2. The molecule has 3 unspecified atom stereocenters. The van der Waals surface area contributed by atoms with Crippen LogP contribution < -0.4 is 21.7 Å². The van der Waals surface area contributed by atoms with Crippen LogP contribution in [-0.4, -0.2) is 52.3 Å². The molecule has 1 amide bonds. The first-order valence-corrected chi connectivity index (χ1v) is 9.29. The topological polar surface area (TPSA) is 114 Å². The van der Waals surface area contributed by atoms with Crippen molar-refractivity contribution in [1.29, 1.82) is 0 Å². The number of nitrogens with one attached hydrogen (secondary N) is 1. The van der Waals surface area contributed by atoms with E-state index in [2.05, 4.69) is 10.3 Å². The second-order valence-electron chi connectivity index (χ2n) is 5.32. The van der Waals surface area contributed by atoms with E-state index in [-0.39, 0.29) is 23.8 Å². The highest BCUT2D eigenvalue weighted by Crippen LogP contribution is 2.30. The fraction of sp³-hybridized carbons (Fsp3) is 0.667. The molecule has 2 rings (SSSR count). The van der Waals surface area contributed by atoms with Gasteiger partial charge in [-0.05, 0) is 13.3 Å². The number of amides is 1. The Morgan fingerprint density at radius 1 is 1.67 bits per heavy atom. The van der Waals surface area contributed by atoms with Gasteiger partial charge in [0.15, 0.2) is 5.13 Å². The maximum Gasteiger partial charge on any atom is 0.265 e. The van der Waals surface area contributed by atoms with Gasteiger partial charge in [-0.25, -0.2) is 4.98 Å². The molecule has 0 radical (unpaired) electrons. The SMILES string of the molecule is CC(CS(C)=O)NC(=O)c1sc(N2CCC(N)C2)nc1N. The smallest absolute Gasteiger partial charge is 0.265 e. The van der Waals surface area contributed by atoms with E-state index in [1.165, 1.54) is 11.3 Å². The first-order chi connectivity index (χ1) is 9.86. The molecule has 1 aliphatic rings. The lowest BCUT2D eigenvalue weighted by atomic mass is 10.3. The highest BCUT2D eigenvalue weighted by Gasteiger charge is 2.25. The number of rotatable bonds is 5. The summed E-state index contributed by atoms with van der Waals surface area (Å²) in [6.45, 7) is 3.39. The molecule has 7 nitrogen and oxygen atoms in total. The van der Waals surface area contributed by atoms with E-state index in [9.17, 15) is 9.00 Å². The van der Waals surface area contributed by atoms with Gasteiger partial charge in [0.25, 0.3) is 5.91 Å². The van der Waals surface area contributed by atoms with Crippen molar-refractivity contribution < 1.29 is 9.00 Å². The van der Waals surface area contributed by atoms with Crippen molar-refractivity contribution in [2.45, 2.75) is 25.4 Å². The lowest BCUT2D eigenvalue weighted by Gasteiger charge is -2.13. The van der Waals surface area contributed by atoms with Crippen molar-refractivity contribution in [3.05, 3.63) is 4.88 Å². The number of anilines is 2. The number of aromatic nitrogens is 1. The zero-order valence-corrected chi connectivity index (χ0v) is 13.8. The van der Waals surface area contributed by atoms with Crippen LogP contribution >= 0.6 is 11.3 Å². The first kappa shape index (κ1) is 16.2. The molecule has 3 atom stereocenters. The fourth-order valence-corrected chi connectivity index (χ4v) is 3.97. The Balaban J connectivity index is 2.04. The monoisotopic (exact) mass is 331 g/mol. The number of thiazole rings is 1. The predicted molar refractivity (Wildman–Crippen MR) is 87.2 cm³/mol. The summed E-state index contributed by atoms with van der Waals surface area (Å²) in [7, 11) is -0.955. The first-order valence-electron chi connectivity index (χ1n) is 6.74. The minimum Gasteiger partial charge on any atom is -0.382 e. The molecule has 5 N–H and O–H groups in total. The number of carbonyl (C=O) groups is 1. The summed E-state index contributed by atoms with van der Waals surface area (Å²) >= 11 is 1.27. The summed E-state index contributed by atoms with van der Waals surface area (Å²) in [5, 5.41) is 3.53. The average molecular weight is 331 g/mol. The summed E-state index contributed by atoms with van der Waals surface area (Å²) in [5.41, 5.74) is 11.7. The molecule has 1 fully saturated rings. The third-order valence-corrected chi connectivity index (χ3v) is 5.31. The van der Waals surface area contributed by atoms with Gasteiger partial charge in [0.05, 0.1) is 0 Å². The molecule has 21 heavy (non-hydrogen) atoms. The number of hydrogen-bond donors (Lipinski definition) is 3. The second kappa shape index (κ2) is 6.71. The zero-order chi connectivity index (χ0) is 15.6. The molecule has 1 aromatic rings. The van der Waals surface area contributed by atoms with Crippen molar-refractivity contribution in [3.8, 4) is 0 Å². The van der Waals surface area contributed by atoms with Crippen LogP contribution in [0.4, 0.5) is 10.9 Å². The van der Waals surface area contributed by atoms with E-state index in [0.717, 1.165) is 24.6 Å². The Labute approximate surface area is 130 Å². The summed E-state index contributed by atoms with van der Waals surface area (Å²) in [4.78, 5) is 18.9. The largest absolute Gasteiger partial charge is 0.382 e. The Hall–Kier alpha value is -1.19. The van der Waals surface area contributed by atoms with Crippen molar-refractivity contribution >= 4 is 39.0 Å². The maximum absolute atomic E-state index is 12.2. The van der Waals surface area contributed by atoms with Crippen LogP contribution in [0.15, 0.2) is 0 Å². The van der Waals surface area contributed by atoms with Gasteiger partial charge >= 0.3 is 0 Å². The molecule has 0 aliphatic carbocycles. The molecular formula is C12H21N5O2S2. The van der Waals surface area contributed by atoms with Crippen molar-refractivity contribution in [1.82, 2.24) is 10.3 Å². The Morgan fingerprint density at radius 3 is 2.95 bits per heavy atom. The minimum atomic E-state index is -0.955.